The molecule has 108 valence electrons. The number of halogens is 3. The minimum absolute atomic E-state index is 0.437. The molecule has 0 aliphatic carbocycles. The third kappa shape index (κ3) is 2.63. The molecule has 2 aromatic carbocycles. The number of nitrogens with zero attached hydrogens (tertiary/aromatic N) is 2. The highest BCUT2D eigenvalue weighted by atomic mass is 19.4. The van der Waals surface area contributed by atoms with Gasteiger partial charge in [-0.25, -0.2) is 0 Å². The first kappa shape index (κ1) is 14.1. The quantitative estimate of drug-likeness (QED) is 0.647. The maximum Gasteiger partial charge on any atom is 0.416 e. The van der Waals surface area contributed by atoms with Gasteiger partial charge in [0.1, 0.15) is 0 Å². The predicted molar refractivity (Wildman–Crippen MR) is 76.9 cm³/mol. The lowest BCUT2D eigenvalue weighted by Crippen LogP contribution is -2.04. The number of benzene rings is 2. The number of hydrogen-bond acceptors (Lipinski definition) is 2. The van der Waals surface area contributed by atoms with E-state index in [0.717, 1.165) is 17.7 Å². The van der Waals surface area contributed by atoms with E-state index in [-0.39, 0.29) is 0 Å². The maximum absolute atomic E-state index is 12.7. The van der Waals surface area contributed by atoms with Crippen molar-refractivity contribution < 1.29 is 13.2 Å². The molecule has 1 aromatic heterocycles. The molecule has 3 rings (SSSR count). The molecule has 0 fully saturated rings. The highest BCUT2D eigenvalue weighted by Gasteiger charge is 2.30. The summed E-state index contributed by atoms with van der Waals surface area (Å²) in [5, 5.41) is 9.89. The SMILES string of the molecule is N#Cc1ccc(-c2cc3ccc(C(F)(F)F)cc3cn2)cc1. The van der Waals surface area contributed by atoms with Crippen molar-refractivity contribution in [2.24, 2.45) is 0 Å². The lowest BCUT2D eigenvalue weighted by Gasteiger charge is -2.08. The van der Waals surface area contributed by atoms with Crippen LogP contribution in [0.5, 0.6) is 0 Å². The van der Waals surface area contributed by atoms with Crippen LogP contribution in [0.25, 0.3) is 22.0 Å². The van der Waals surface area contributed by atoms with E-state index in [1.807, 2.05) is 6.07 Å². The van der Waals surface area contributed by atoms with Crippen molar-refractivity contribution in [2.75, 3.05) is 0 Å². The monoisotopic (exact) mass is 298 g/mol. The van der Waals surface area contributed by atoms with Gasteiger partial charge in [0.05, 0.1) is 22.9 Å². The number of nitriles is 1. The van der Waals surface area contributed by atoms with Gasteiger partial charge in [-0.05, 0) is 35.7 Å². The molecule has 0 spiro atoms. The lowest BCUT2D eigenvalue weighted by molar-refractivity contribution is -0.137. The highest BCUT2D eigenvalue weighted by molar-refractivity contribution is 5.85. The molecule has 0 bridgehead atoms. The molecule has 2 nitrogen and oxygen atoms in total. The predicted octanol–water partition coefficient (Wildman–Crippen LogP) is 4.79. The van der Waals surface area contributed by atoms with Crippen LogP contribution in [0.15, 0.2) is 54.7 Å². The summed E-state index contributed by atoms with van der Waals surface area (Å²) >= 11 is 0. The highest BCUT2D eigenvalue weighted by Crippen LogP contribution is 2.32. The molecule has 0 saturated heterocycles. The second-order valence-corrected chi connectivity index (χ2v) is 4.82. The van der Waals surface area contributed by atoms with E-state index in [2.05, 4.69) is 4.98 Å². The minimum Gasteiger partial charge on any atom is -0.256 e. The topological polar surface area (TPSA) is 36.7 Å². The van der Waals surface area contributed by atoms with Crippen LogP contribution in [-0.4, -0.2) is 4.98 Å². The summed E-state index contributed by atoms with van der Waals surface area (Å²) in [6.45, 7) is 0. The molecule has 0 radical (unpaired) electrons. The zero-order valence-electron chi connectivity index (χ0n) is 11.2. The molecule has 1 heterocycles. The standard InChI is InChI=1S/C17H9F3N2/c18-17(19,20)15-6-5-13-8-16(22-10-14(13)7-15)12-3-1-11(9-21)2-4-12/h1-8,10H. The number of hydrogen-bond donors (Lipinski definition) is 0. The van der Waals surface area contributed by atoms with Gasteiger partial charge >= 0.3 is 6.18 Å². The second-order valence-electron chi connectivity index (χ2n) is 4.82. The van der Waals surface area contributed by atoms with Crippen molar-refractivity contribution in [3.8, 4) is 17.3 Å². The molecule has 0 amide bonds. The van der Waals surface area contributed by atoms with Gasteiger partial charge in [-0.1, -0.05) is 18.2 Å². The normalized spacial score (nSPS) is 11.4. The average molecular weight is 298 g/mol. The number of aromatic nitrogens is 1. The van der Waals surface area contributed by atoms with Crippen molar-refractivity contribution in [3.63, 3.8) is 0 Å². The number of fused-ring (bicyclic) bond motifs is 1. The molecule has 22 heavy (non-hydrogen) atoms. The smallest absolute Gasteiger partial charge is 0.256 e. The lowest BCUT2D eigenvalue weighted by atomic mass is 10.0. The van der Waals surface area contributed by atoms with Crippen LogP contribution in [0, 0.1) is 11.3 Å². The van der Waals surface area contributed by atoms with Crippen molar-refractivity contribution in [1.29, 1.82) is 5.26 Å². The molecular weight excluding hydrogens is 289 g/mol. The molecule has 3 aromatic rings. The van der Waals surface area contributed by atoms with Crippen molar-refractivity contribution in [1.82, 2.24) is 4.98 Å². The Kier molecular flexibility index (Phi) is 3.30. The Morgan fingerprint density at radius 3 is 2.27 bits per heavy atom. The number of rotatable bonds is 1. The molecule has 0 saturated carbocycles. The Hall–Kier alpha value is -2.87. The van der Waals surface area contributed by atoms with E-state index >= 15 is 0 Å². The molecular formula is C17H9F3N2. The zero-order chi connectivity index (χ0) is 15.7. The van der Waals surface area contributed by atoms with Crippen molar-refractivity contribution >= 4 is 10.8 Å². The van der Waals surface area contributed by atoms with E-state index in [9.17, 15) is 13.2 Å². The van der Waals surface area contributed by atoms with E-state index in [1.54, 1.807) is 30.3 Å². The van der Waals surface area contributed by atoms with Crippen LogP contribution in [0.1, 0.15) is 11.1 Å². The third-order valence-electron chi connectivity index (χ3n) is 3.36. The van der Waals surface area contributed by atoms with Crippen LogP contribution in [0.4, 0.5) is 13.2 Å². The first-order valence-electron chi connectivity index (χ1n) is 6.45. The Morgan fingerprint density at radius 2 is 1.64 bits per heavy atom. The molecule has 0 unspecified atom stereocenters. The summed E-state index contributed by atoms with van der Waals surface area (Å²) in [5.74, 6) is 0. The van der Waals surface area contributed by atoms with Crippen LogP contribution >= 0.6 is 0 Å². The van der Waals surface area contributed by atoms with E-state index in [1.165, 1.54) is 12.3 Å². The molecule has 0 aliphatic heterocycles. The fourth-order valence-electron chi connectivity index (χ4n) is 2.19. The molecule has 5 heteroatoms. The van der Waals surface area contributed by atoms with Crippen LogP contribution in [0.2, 0.25) is 0 Å². The summed E-state index contributed by atoms with van der Waals surface area (Å²) < 4.78 is 38.1. The van der Waals surface area contributed by atoms with Gasteiger partial charge in [-0.15, -0.1) is 0 Å². The van der Waals surface area contributed by atoms with Crippen LogP contribution in [0.3, 0.4) is 0 Å². The van der Waals surface area contributed by atoms with Gasteiger partial charge in [0.2, 0.25) is 0 Å². The van der Waals surface area contributed by atoms with E-state index in [0.29, 0.717) is 22.0 Å². The van der Waals surface area contributed by atoms with E-state index < -0.39 is 11.7 Å². The average Bonchev–Trinajstić information content (AvgIpc) is 2.53. The number of alkyl halides is 3. The fraction of sp³-hybridized carbons (Fsp3) is 0.0588. The summed E-state index contributed by atoms with van der Waals surface area (Å²) in [7, 11) is 0. The summed E-state index contributed by atoms with van der Waals surface area (Å²) in [6, 6.07) is 14.2. The molecule has 0 N–H and O–H groups in total. The largest absolute Gasteiger partial charge is 0.416 e. The third-order valence-corrected chi connectivity index (χ3v) is 3.36. The maximum atomic E-state index is 12.7. The zero-order valence-corrected chi connectivity index (χ0v) is 11.2. The van der Waals surface area contributed by atoms with Crippen molar-refractivity contribution in [2.45, 2.75) is 6.18 Å². The Morgan fingerprint density at radius 1 is 0.909 bits per heavy atom. The summed E-state index contributed by atoms with van der Waals surface area (Å²) in [4.78, 5) is 4.21. The Balaban J connectivity index is 2.04. The van der Waals surface area contributed by atoms with Crippen LogP contribution in [-0.2, 0) is 6.18 Å². The Labute approximate surface area is 124 Å². The van der Waals surface area contributed by atoms with Gasteiger partial charge in [-0.3, -0.25) is 4.98 Å². The number of pyridine rings is 1. The van der Waals surface area contributed by atoms with Crippen LogP contribution < -0.4 is 0 Å². The molecule has 0 aliphatic rings. The fourth-order valence-corrected chi connectivity index (χ4v) is 2.19. The van der Waals surface area contributed by atoms with Gasteiger partial charge < -0.3 is 0 Å². The Bertz CT molecular complexity index is 875. The van der Waals surface area contributed by atoms with Gasteiger partial charge in [0.15, 0.2) is 0 Å². The van der Waals surface area contributed by atoms with Crippen molar-refractivity contribution in [3.05, 3.63) is 65.9 Å². The molecule has 0 atom stereocenters. The summed E-state index contributed by atoms with van der Waals surface area (Å²) in [6.07, 6.45) is -2.93. The second kappa shape index (κ2) is 5.15. The van der Waals surface area contributed by atoms with Gasteiger partial charge in [-0.2, -0.15) is 18.4 Å². The minimum atomic E-state index is -4.36. The van der Waals surface area contributed by atoms with Gasteiger partial charge in [0, 0.05) is 17.1 Å². The first-order valence-corrected chi connectivity index (χ1v) is 6.45. The van der Waals surface area contributed by atoms with Gasteiger partial charge in [0.25, 0.3) is 0 Å². The van der Waals surface area contributed by atoms with E-state index in [4.69, 9.17) is 5.26 Å². The first-order chi connectivity index (χ1) is 10.5. The summed E-state index contributed by atoms with van der Waals surface area (Å²) in [5.41, 5.74) is 1.31.